The van der Waals surface area contributed by atoms with E-state index in [2.05, 4.69) is 0 Å². The van der Waals surface area contributed by atoms with E-state index < -0.39 is 55.2 Å². The average Bonchev–Trinajstić information content (AvgIpc) is 2.92. The third kappa shape index (κ3) is 5.95. The molecule has 1 fully saturated rings. The van der Waals surface area contributed by atoms with E-state index in [1.54, 1.807) is 66.7 Å². The van der Waals surface area contributed by atoms with Crippen LogP contribution in [0.25, 0.3) is 0 Å². The lowest BCUT2D eigenvalue weighted by Gasteiger charge is -2.41. The maximum Gasteiger partial charge on any atom is 0.338 e. The molecule has 3 aromatic rings. The van der Waals surface area contributed by atoms with E-state index in [1.165, 1.54) is 24.3 Å². The highest BCUT2D eigenvalue weighted by molar-refractivity contribution is 5.90. The Morgan fingerprint density at radius 2 is 1.06 bits per heavy atom. The van der Waals surface area contributed by atoms with E-state index >= 15 is 0 Å². The first-order valence-corrected chi connectivity index (χ1v) is 11.2. The van der Waals surface area contributed by atoms with E-state index in [1.807, 2.05) is 0 Å². The normalized spacial score (nSPS) is 23.3. The van der Waals surface area contributed by atoms with Gasteiger partial charge in [0.15, 0.2) is 18.5 Å². The molecule has 1 saturated heterocycles. The minimum Gasteiger partial charge on any atom is -0.459 e. The van der Waals surface area contributed by atoms with Gasteiger partial charge < -0.3 is 29.2 Å². The Labute approximate surface area is 206 Å². The van der Waals surface area contributed by atoms with Crippen molar-refractivity contribution in [1.29, 1.82) is 0 Å². The molecule has 186 valence electrons. The number of rotatable bonds is 7. The number of aliphatic hydroxyl groups is 2. The fourth-order valence-electron chi connectivity index (χ4n) is 3.65. The van der Waals surface area contributed by atoms with Gasteiger partial charge in [-0.15, -0.1) is 0 Å². The highest BCUT2D eigenvalue weighted by Gasteiger charge is 2.50. The molecule has 0 bridgehead atoms. The molecule has 2 N–H and O–H groups in total. The van der Waals surface area contributed by atoms with Crippen LogP contribution >= 0.6 is 0 Å². The van der Waals surface area contributed by atoms with Gasteiger partial charge >= 0.3 is 17.9 Å². The zero-order valence-corrected chi connectivity index (χ0v) is 19.0. The van der Waals surface area contributed by atoms with Crippen LogP contribution < -0.4 is 0 Å². The highest BCUT2D eigenvalue weighted by Crippen LogP contribution is 2.27. The van der Waals surface area contributed by atoms with E-state index in [4.69, 9.17) is 18.9 Å². The molecule has 5 atom stereocenters. The maximum atomic E-state index is 12.7. The molecule has 3 aromatic carbocycles. The second-order valence-electron chi connectivity index (χ2n) is 7.99. The summed E-state index contributed by atoms with van der Waals surface area (Å²) in [6.07, 6.45) is -7.72. The van der Waals surface area contributed by atoms with Gasteiger partial charge in [0, 0.05) is 0 Å². The fourth-order valence-corrected chi connectivity index (χ4v) is 3.65. The lowest BCUT2D eigenvalue weighted by atomic mass is 9.98. The Kier molecular flexibility index (Phi) is 8.06. The summed E-state index contributed by atoms with van der Waals surface area (Å²) < 4.78 is 21.5. The summed E-state index contributed by atoms with van der Waals surface area (Å²) in [5.41, 5.74) is 0.655. The molecule has 1 aliphatic rings. The smallest absolute Gasteiger partial charge is 0.338 e. The van der Waals surface area contributed by atoms with Gasteiger partial charge in [0.25, 0.3) is 0 Å². The number of aliphatic hydroxyl groups excluding tert-OH is 2. The van der Waals surface area contributed by atoms with Crippen LogP contribution in [0.1, 0.15) is 31.1 Å². The second kappa shape index (κ2) is 11.6. The van der Waals surface area contributed by atoms with Gasteiger partial charge in [0.1, 0.15) is 18.8 Å². The first kappa shape index (κ1) is 25.1. The molecule has 9 heteroatoms. The second-order valence-corrected chi connectivity index (χ2v) is 7.99. The number of esters is 3. The molecule has 0 spiro atoms. The SMILES string of the molecule is O=C(OC[C@H]1O[C@@H](O)[C@@H](OC(=O)c2ccccc2)[C@@H](OC(=O)c2ccccc2)[C@@H]1O)c1ccccc1. The zero-order chi connectivity index (χ0) is 25.5. The van der Waals surface area contributed by atoms with Crippen molar-refractivity contribution in [2.45, 2.75) is 30.7 Å². The highest BCUT2D eigenvalue weighted by atomic mass is 16.7. The maximum absolute atomic E-state index is 12.7. The quantitative estimate of drug-likeness (QED) is 0.377. The van der Waals surface area contributed by atoms with Gasteiger partial charge in [-0.05, 0) is 36.4 Å². The largest absolute Gasteiger partial charge is 0.459 e. The van der Waals surface area contributed by atoms with Crippen LogP contribution in [0.3, 0.4) is 0 Å². The standard InChI is InChI=1S/C27H24O9/c28-21-20(16-33-24(29)17-10-4-1-5-11-17)34-27(32)23(36-26(31)19-14-8-3-9-15-19)22(21)35-25(30)18-12-6-2-7-13-18/h1-15,20-23,27-28,32H,16H2/t20-,21-,22+,23+,27-/m1/s1. The summed E-state index contributed by atoms with van der Waals surface area (Å²) in [7, 11) is 0. The Morgan fingerprint density at radius 1 is 0.639 bits per heavy atom. The summed E-state index contributed by atoms with van der Waals surface area (Å²) in [6, 6.07) is 24.1. The van der Waals surface area contributed by atoms with Crippen molar-refractivity contribution in [2.24, 2.45) is 0 Å². The van der Waals surface area contributed by atoms with Crippen LogP contribution in [0.5, 0.6) is 0 Å². The lowest BCUT2D eigenvalue weighted by molar-refractivity contribution is -0.284. The molecule has 4 rings (SSSR count). The zero-order valence-electron chi connectivity index (χ0n) is 19.0. The van der Waals surface area contributed by atoms with Crippen molar-refractivity contribution in [3.63, 3.8) is 0 Å². The first-order valence-electron chi connectivity index (χ1n) is 11.2. The van der Waals surface area contributed by atoms with Crippen molar-refractivity contribution >= 4 is 17.9 Å². The summed E-state index contributed by atoms with van der Waals surface area (Å²) in [5.74, 6) is -2.30. The van der Waals surface area contributed by atoms with Crippen LogP contribution in [0.15, 0.2) is 91.0 Å². The summed E-state index contributed by atoms with van der Waals surface area (Å²) >= 11 is 0. The van der Waals surface area contributed by atoms with Crippen LogP contribution in [-0.2, 0) is 18.9 Å². The molecule has 0 aliphatic carbocycles. The van der Waals surface area contributed by atoms with Gasteiger partial charge in [-0.2, -0.15) is 0 Å². The molecule has 1 heterocycles. The van der Waals surface area contributed by atoms with Crippen molar-refractivity contribution in [3.05, 3.63) is 108 Å². The minimum absolute atomic E-state index is 0.186. The van der Waals surface area contributed by atoms with Crippen molar-refractivity contribution in [2.75, 3.05) is 6.61 Å². The topological polar surface area (TPSA) is 129 Å². The van der Waals surface area contributed by atoms with Crippen LogP contribution in [-0.4, -0.2) is 65.4 Å². The molecule has 1 aliphatic heterocycles. The predicted octanol–water partition coefficient (Wildman–Crippen LogP) is 2.37. The first-order chi connectivity index (χ1) is 17.4. The van der Waals surface area contributed by atoms with Crippen LogP contribution in [0.2, 0.25) is 0 Å². The van der Waals surface area contributed by atoms with Gasteiger partial charge in [-0.3, -0.25) is 0 Å². The summed E-state index contributed by atoms with van der Waals surface area (Å²) in [6.45, 7) is -0.454. The van der Waals surface area contributed by atoms with Crippen molar-refractivity contribution < 1.29 is 43.5 Å². The van der Waals surface area contributed by atoms with E-state index in [-0.39, 0.29) is 16.7 Å². The Hall–Kier alpha value is -4.05. The third-order valence-electron chi connectivity index (χ3n) is 5.53. The molecule has 0 saturated carbocycles. The molecule has 36 heavy (non-hydrogen) atoms. The van der Waals surface area contributed by atoms with Crippen LogP contribution in [0, 0.1) is 0 Å². The number of carbonyl (C=O) groups excluding carboxylic acids is 3. The molecule has 0 unspecified atom stereocenters. The molecule has 0 aromatic heterocycles. The Balaban J connectivity index is 1.52. The molecule has 0 radical (unpaired) electrons. The van der Waals surface area contributed by atoms with Crippen LogP contribution in [0.4, 0.5) is 0 Å². The molecular formula is C27H24O9. The van der Waals surface area contributed by atoms with Gasteiger partial charge in [-0.25, -0.2) is 14.4 Å². The molecular weight excluding hydrogens is 468 g/mol. The molecule has 0 amide bonds. The third-order valence-corrected chi connectivity index (χ3v) is 5.53. The van der Waals surface area contributed by atoms with Gasteiger partial charge in [0.2, 0.25) is 0 Å². The number of carbonyl (C=O) groups is 3. The number of hydrogen-bond donors (Lipinski definition) is 2. The number of benzene rings is 3. The minimum atomic E-state index is -1.78. The number of ether oxygens (including phenoxy) is 4. The lowest BCUT2D eigenvalue weighted by Crippen LogP contribution is -2.61. The van der Waals surface area contributed by atoms with E-state index in [9.17, 15) is 24.6 Å². The van der Waals surface area contributed by atoms with E-state index in [0.29, 0.717) is 0 Å². The van der Waals surface area contributed by atoms with Gasteiger partial charge in [0.05, 0.1) is 16.7 Å². The fraction of sp³-hybridized carbons (Fsp3) is 0.222. The van der Waals surface area contributed by atoms with E-state index in [0.717, 1.165) is 0 Å². The predicted molar refractivity (Wildman–Crippen MR) is 125 cm³/mol. The Bertz CT molecular complexity index is 1170. The number of hydrogen-bond acceptors (Lipinski definition) is 9. The summed E-state index contributed by atoms with van der Waals surface area (Å²) in [4.78, 5) is 37.7. The molecule has 9 nitrogen and oxygen atoms in total. The average molecular weight is 492 g/mol. The van der Waals surface area contributed by atoms with Crippen molar-refractivity contribution in [1.82, 2.24) is 0 Å². The van der Waals surface area contributed by atoms with Gasteiger partial charge in [-0.1, -0.05) is 54.6 Å². The summed E-state index contributed by atoms with van der Waals surface area (Å²) in [5, 5.41) is 21.6. The Morgan fingerprint density at radius 3 is 1.53 bits per heavy atom. The monoisotopic (exact) mass is 492 g/mol. The van der Waals surface area contributed by atoms with Crippen molar-refractivity contribution in [3.8, 4) is 0 Å².